The minimum Gasteiger partial charge on any atom is -0.462 e. The van der Waals surface area contributed by atoms with Crippen LogP contribution in [-0.4, -0.2) is 75.6 Å². The van der Waals surface area contributed by atoms with Crippen molar-refractivity contribution in [1.82, 2.24) is 0 Å². The van der Waals surface area contributed by atoms with Crippen LogP contribution in [0.15, 0.2) is 23.3 Å². The molecular formula is C32H42O10. The van der Waals surface area contributed by atoms with Crippen molar-refractivity contribution in [3.63, 3.8) is 0 Å². The van der Waals surface area contributed by atoms with Gasteiger partial charge in [-0.1, -0.05) is 12.5 Å². The summed E-state index contributed by atoms with van der Waals surface area (Å²) in [6.45, 7) is 11.8. The Balaban J connectivity index is 1.45. The molecule has 0 radical (unpaired) electrons. The van der Waals surface area contributed by atoms with Crippen LogP contribution < -0.4 is 0 Å². The second kappa shape index (κ2) is 9.22. The van der Waals surface area contributed by atoms with E-state index in [2.05, 4.69) is 6.92 Å². The van der Waals surface area contributed by atoms with Crippen molar-refractivity contribution in [1.29, 1.82) is 0 Å². The molecule has 4 fully saturated rings. The van der Waals surface area contributed by atoms with Crippen LogP contribution in [0, 0.1) is 34.5 Å². The van der Waals surface area contributed by atoms with Gasteiger partial charge in [-0.05, 0) is 76.4 Å². The van der Waals surface area contributed by atoms with E-state index in [9.17, 15) is 29.4 Å². The fraction of sp³-hybridized carbons (Fsp3) is 0.750. The summed E-state index contributed by atoms with van der Waals surface area (Å²) in [5.74, 6) is -3.10. The number of hydrogen-bond acceptors (Lipinski definition) is 10. The molecule has 0 aromatic rings. The van der Waals surface area contributed by atoms with E-state index >= 15 is 0 Å². The molecule has 0 aromatic carbocycles. The van der Waals surface area contributed by atoms with Gasteiger partial charge in [0.2, 0.25) is 0 Å². The summed E-state index contributed by atoms with van der Waals surface area (Å²) < 4.78 is 23.9. The van der Waals surface area contributed by atoms with Gasteiger partial charge >= 0.3 is 17.9 Å². The number of aliphatic hydroxyl groups is 2. The third-order valence-electron chi connectivity index (χ3n) is 12.2. The maximum Gasteiger partial charge on any atom is 0.334 e. The van der Waals surface area contributed by atoms with Gasteiger partial charge in [-0.3, -0.25) is 14.4 Å². The molecule has 1 spiro atoms. The zero-order valence-corrected chi connectivity index (χ0v) is 25.3. The lowest BCUT2D eigenvalue weighted by Gasteiger charge is -2.60. The van der Waals surface area contributed by atoms with Gasteiger partial charge in [-0.15, -0.1) is 0 Å². The van der Waals surface area contributed by atoms with Crippen LogP contribution in [0.25, 0.3) is 0 Å². The molecule has 6 aliphatic rings. The third-order valence-corrected chi connectivity index (χ3v) is 12.2. The minimum atomic E-state index is -1.57. The summed E-state index contributed by atoms with van der Waals surface area (Å²) in [4.78, 5) is 51.2. The predicted octanol–water partition coefficient (Wildman–Crippen LogP) is 2.58. The van der Waals surface area contributed by atoms with Crippen molar-refractivity contribution in [3.8, 4) is 0 Å². The summed E-state index contributed by atoms with van der Waals surface area (Å²) in [6.07, 6.45) is 0.737. The Bertz CT molecular complexity index is 1310. The van der Waals surface area contributed by atoms with Gasteiger partial charge in [0, 0.05) is 37.7 Å². The zero-order valence-electron chi connectivity index (χ0n) is 25.3. The van der Waals surface area contributed by atoms with E-state index < -0.39 is 76.4 Å². The monoisotopic (exact) mass is 586 g/mol. The van der Waals surface area contributed by atoms with Gasteiger partial charge in [0.1, 0.15) is 41.7 Å². The molecule has 0 amide bonds. The number of fused-ring (bicyclic) bond motifs is 4. The molecule has 0 aromatic heterocycles. The number of carbonyl (C=O) groups is 4. The quantitative estimate of drug-likeness (QED) is 0.286. The molecule has 230 valence electrons. The Kier molecular flexibility index (Phi) is 6.48. The minimum absolute atomic E-state index is 0.125. The Hall–Kier alpha value is -2.56. The fourth-order valence-corrected chi connectivity index (χ4v) is 10.2. The SMILES string of the molecule is CC(=O)O[C@@H]1[C@H]2[C@@H]3C[C@@H](OC(C)=O)[C@H]([C@@](C)(O)[C@H]4CC(C)=C(C)C(=O)O4)[C@@]3(C)CC[C@@H]2[C@@]2(C)C(=O)C=C[C@H](O)[C@]23O[C@H]13. The van der Waals surface area contributed by atoms with Crippen LogP contribution in [0.4, 0.5) is 0 Å². The molecule has 1 saturated heterocycles. The van der Waals surface area contributed by atoms with E-state index in [0.29, 0.717) is 31.3 Å². The predicted molar refractivity (Wildman–Crippen MR) is 146 cm³/mol. The van der Waals surface area contributed by atoms with Gasteiger partial charge < -0.3 is 29.2 Å². The highest BCUT2D eigenvalue weighted by atomic mass is 16.7. The van der Waals surface area contributed by atoms with E-state index in [0.717, 1.165) is 5.57 Å². The van der Waals surface area contributed by atoms with E-state index in [1.165, 1.54) is 26.0 Å². The number of ketones is 1. The molecule has 10 nitrogen and oxygen atoms in total. The Morgan fingerprint density at radius 1 is 1.10 bits per heavy atom. The normalized spacial score (nSPS) is 48.6. The van der Waals surface area contributed by atoms with E-state index in [-0.39, 0.29) is 23.5 Å². The first-order valence-corrected chi connectivity index (χ1v) is 15.0. The third kappa shape index (κ3) is 3.67. The summed E-state index contributed by atoms with van der Waals surface area (Å²) in [7, 11) is 0. The maximum absolute atomic E-state index is 13.7. The van der Waals surface area contributed by atoms with Crippen molar-refractivity contribution >= 4 is 23.7 Å². The van der Waals surface area contributed by atoms with Gasteiger partial charge in [0.15, 0.2) is 5.78 Å². The number of carbonyl (C=O) groups excluding carboxylic acids is 4. The van der Waals surface area contributed by atoms with Crippen molar-refractivity contribution in [2.24, 2.45) is 34.5 Å². The molecule has 0 bridgehead atoms. The van der Waals surface area contributed by atoms with Crippen molar-refractivity contribution < 1.29 is 48.3 Å². The molecule has 2 aliphatic heterocycles. The fourth-order valence-electron chi connectivity index (χ4n) is 10.2. The lowest BCUT2D eigenvalue weighted by Crippen LogP contribution is -2.68. The average Bonchev–Trinajstić information content (AvgIpc) is 3.58. The van der Waals surface area contributed by atoms with Crippen molar-refractivity contribution in [2.45, 2.75) is 116 Å². The number of aliphatic hydroxyl groups excluding tert-OH is 1. The molecular weight excluding hydrogens is 544 g/mol. The number of hydrogen-bond donors (Lipinski definition) is 2. The Morgan fingerprint density at radius 2 is 1.76 bits per heavy atom. The topological polar surface area (TPSA) is 149 Å². The molecule has 42 heavy (non-hydrogen) atoms. The smallest absolute Gasteiger partial charge is 0.334 e. The first-order chi connectivity index (χ1) is 19.5. The lowest BCUT2D eigenvalue weighted by atomic mass is 9.43. The second-order valence-electron chi connectivity index (χ2n) is 14.2. The number of allylic oxidation sites excluding steroid dienone is 1. The molecule has 2 N–H and O–H groups in total. The summed E-state index contributed by atoms with van der Waals surface area (Å²) >= 11 is 0. The number of esters is 3. The molecule has 10 heteroatoms. The standard InChI is InChI=1S/C32H42O10/c1-14-12-23(41-28(37)15(14)2)31(7,38)26-20(39-16(3)33)13-19-24-18(10-11-29(19,26)5)30(6)21(35)8-9-22(36)32(30)27(42-32)25(24)40-17(4)34/h8-9,18-20,22-27,36,38H,10-13H2,1-7H3/t18-,19-,20+,22-,23+,24+,25+,26-,27+,29-,30-,31-,32+/m0/s1. The highest BCUT2D eigenvalue weighted by molar-refractivity contribution is 5.98. The number of ether oxygens (including phenoxy) is 4. The first kappa shape index (κ1) is 29.5. The maximum atomic E-state index is 13.7. The van der Waals surface area contributed by atoms with E-state index in [4.69, 9.17) is 18.9 Å². The molecule has 4 aliphatic carbocycles. The molecule has 0 unspecified atom stereocenters. The molecule has 6 rings (SSSR count). The van der Waals surface area contributed by atoms with Crippen LogP contribution in [0.3, 0.4) is 0 Å². The molecule has 13 atom stereocenters. The number of rotatable bonds is 4. The Morgan fingerprint density at radius 3 is 2.38 bits per heavy atom. The average molecular weight is 587 g/mol. The lowest BCUT2D eigenvalue weighted by molar-refractivity contribution is -0.204. The van der Waals surface area contributed by atoms with Crippen LogP contribution in [0.1, 0.15) is 74.1 Å². The summed E-state index contributed by atoms with van der Waals surface area (Å²) in [6, 6.07) is 0. The molecule has 3 saturated carbocycles. The van der Waals surface area contributed by atoms with Crippen LogP contribution >= 0.6 is 0 Å². The summed E-state index contributed by atoms with van der Waals surface area (Å²) in [5, 5.41) is 23.5. The van der Waals surface area contributed by atoms with Gasteiger partial charge in [0.25, 0.3) is 0 Å². The van der Waals surface area contributed by atoms with Crippen LogP contribution in [0.5, 0.6) is 0 Å². The highest BCUT2D eigenvalue weighted by Gasteiger charge is 2.84. The number of cyclic esters (lactones) is 1. The summed E-state index contributed by atoms with van der Waals surface area (Å²) in [5.41, 5.74) is -3.07. The number of epoxide rings is 1. The highest BCUT2D eigenvalue weighted by Crippen LogP contribution is 2.74. The van der Waals surface area contributed by atoms with Crippen LogP contribution in [-0.2, 0) is 38.1 Å². The van der Waals surface area contributed by atoms with E-state index in [1.54, 1.807) is 13.8 Å². The largest absolute Gasteiger partial charge is 0.462 e. The van der Waals surface area contributed by atoms with Gasteiger partial charge in [-0.2, -0.15) is 0 Å². The second-order valence-corrected chi connectivity index (χ2v) is 14.2. The van der Waals surface area contributed by atoms with Gasteiger partial charge in [-0.25, -0.2) is 4.79 Å². The van der Waals surface area contributed by atoms with Gasteiger partial charge in [0.05, 0.1) is 5.41 Å². The van der Waals surface area contributed by atoms with Crippen molar-refractivity contribution in [3.05, 3.63) is 23.3 Å². The first-order valence-electron chi connectivity index (χ1n) is 15.0. The van der Waals surface area contributed by atoms with Crippen molar-refractivity contribution in [2.75, 3.05) is 0 Å². The Labute approximate surface area is 245 Å². The molecule has 2 heterocycles. The van der Waals surface area contributed by atoms with Crippen LogP contribution in [0.2, 0.25) is 0 Å². The zero-order chi connectivity index (χ0) is 30.7. The van der Waals surface area contributed by atoms with E-state index in [1.807, 2.05) is 13.8 Å².